The van der Waals surface area contributed by atoms with E-state index < -0.39 is 0 Å². The Morgan fingerprint density at radius 2 is 1.85 bits per heavy atom. The molecule has 1 aliphatic rings. The van der Waals surface area contributed by atoms with Gasteiger partial charge in [0.25, 0.3) is 0 Å². The van der Waals surface area contributed by atoms with Crippen LogP contribution in [0.2, 0.25) is 0 Å². The summed E-state index contributed by atoms with van der Waals surface area (Å²) in [7, 11) is 0. The first-order valence-corrected chi connectivity index (χ1v) is 9.43. The molecule has 1 N–H and O–H groups in total. The second-order valence-corrected chi connectivity index (χ2v) is 7.28. The van der Waals surface area contributed by atoms with Crippen LogP contribution in [0.3, 0.4) is 0 Å². The van der Waals surface area contributed by atoms with Gasteiger partial charge in [0.05, 0.1) is 13.2 Å². The van der Waals surface area contributed by atoms with E-state index in [9.17, 15) is 9.50 Å². The van der Waals surface area contributed by atoms with Crippen molar-refractivity contribution >= 4 is 0 Å². The first-order chi connectivity index (χ1) is 12.7. The predicted octanol–water partition coefficient (Wildman–Crippen LogP) is 4.04. The lowest BCUT2D eigenvalue weighted by Gasteiger charge is -2.42. The molecular weight excluding hydrogens is 329 g/mol. The second-order valence-electron chi connectivity index (χ2n) is 7.28. The highest BCUT2D eigenvalue weighted by Gasteiger charge is 2.36. The smallest absolute Gasteiger partial charge is 0.126 e. The molecule has 2 aromatic rings. The van der Waals surface area contributed by atoms with Crippen LogP contribution in [0, 0.1) is 11.2 Å². The third-order valence-corrected chi connectivity index (χ3v) is 5.27. The molecule has 0 bridgehead atoms. The van der Waals surface area contributed by atoms with Gasteiger partial charge in [0.15, 0.2) is 0 Å². The lowest BCUT2D eigenvalue weighted by atomic mass is 9.75. The highest BCUT2D eigenvalue weighted by Crippen LogP contribution is 2.35. The highest BCUT2D eigenvalue weighted by molar-refractivity contribution is 5.33. The molecule has 2 aromatic carbocycles. The Kier molecular flexibility index (Phi) is 6.28. The van der Waals surface area contributed by atoms with E-state index in [-0.39, 0.29) is 17.8 Å². The van der Waals surface area contributed by atoms with Crippen molar-refractivity contribution in [2.24, 2.45) is 5.41 Å². The van der Waals surface area contributed by atoms with Crippen molar-refractivity contribution in [3.05, 3.63) is 65.5 Å². The molecule has 1 aliphatic heterocycles. The molecular formula is C22H28FNO2. The van der Waals surface area contributed by atoms with Gasteiger partial charge in [-0.05, 0) is 50.4 Å². The molecule has 1 fully saturated rings. The third kappa shape index (κ3) is 4.43. The zero-order valence-electron chi connectivity index (χ0n) is 15.5. The van der Waals surface area contributed by atoms with Crippen molar-refractivity contribution < 1.29 is 14.2 Å². The van der Waals surface area contributed by atoms with Gasteiger partial charge < -0.3 is 9.84 Å². The largest absolute Gasteiger partial charge is 0.494 e. The van der Waals surface area contributed by atoms with Gasteiger partial charge in [0.2, 0.25) is 0 Å². The molecule has 0 aromatic heterocycles. The summed E-state index contributed by atoms with van der Waals surface area (Å²) in [5.74, 6) is 0.739. The molecule has 1 saturated heterocycles. The Morgan fingerprint density at radius 1 is 1.12 bits per heavy atom. The molecule has 4 heteroatoms. The quantitative estimate of drug-likeness (QED) is 0.812. The maximum absolute atomic E-state index is 14.1. The average Bonchev–Trinajstić information content (AvgIpc) is 2.66. The number of aliphatic hydroxyl groups excluding tert-OH is 1. The summed E-state index contributed by atoms with van der Waals surface area (Å²) in [5.41, 5.74) is 1.56. The number of rotatable bonds is 7. The van der Waals surface area contributed by atoms with E-state index >= 15 is 0 Å². The van der Waals surface area contributed by atoms with Crippen molar-refractivity contribution in [2.45, 2.75) is 32.7 Å². The fourth-order valence-corrected chi connectivity index (χ4v) is 3.99. The molecule has 0 unspecified atom stereocenters. The molecule has 0 saturated carbocycles. The molecule has 0 amide bonds. The van der Waals surface area contributed by atoms with Gasteiger partial charge in [-0.2, -0.15) is 0 Å². The number of hydrogen-bond donors (Lipinski definition) is 1. The van der Waals surface area contributed by atoms with Crippen LogP contribution in [-0.2, 0) is 13.0 Å². The minimum Gasteiger partial charge on any atom is -0.494 e. The summed E-state index contributed by atoms with van der Waals surface area (Å²) < 4.78 is 19.9. The van der Waals surface area contributed by atoms with Gasteiger partial charge in [0.1, 0.15) is 11.6 Å². The Labute approximate surface area is 155 Å². The van der Waals surface area contributed by atoms with E-state index in [1.165, 1.54) is 6.07 Å². The van der Waals surface area contributed by atoms with Crippen LogP contribution in [-0.4, -0.2) is 36.3 Å². The summed E-state index contributed by atoms with van der Waals surface area (Å²) in [6.45, 7) is 5.24. The van der Waals surface area contributed by atoms with Crippen LogP contribution in [0.5, 0.6) is 5.75 Å². The molecule has 140 valence electrons. The van der Waals surface area contributed by atoms with Gasteiger partial charge >= 0.3 is 0 Å². The van der Waals surface area contributed by atoms with Crippen LogP contribution in [0.4, 0.5) is 4.39 Å². The Morgan fingerprint density at radius 3 is 2.58 bits per heavy atom. The first kappa shape index (κ1) is 18.9. The van der Waals surface area contributed by atoms with Crippen LogP contribution >= 0.6 is 0 Å². The number of para-hydroxylation sites is 1. The summed E-state index contributed by atoms with van der Waals surface area (Å²) in [4.78, 5) is 2.36. The maximum Gasteiger partial charge on any atom is 0.126 e. The van der Waals surface area contributed by atoms with E-state index in [4.69, 9.17) is 4.74 Å². The lowest BCUT2D eigenvalue weighted by Crippen LogP contribution is -2.46. The third-order valence-electron chi connectivity index (χ3n) is 5.27. The highest BCUT2D eigenvalue weighted by atomic mass is 19.1. The topological polar surface area (TPSA) is 32.7 Å². The van der Waals surface area contributed by atoms with E-state index in [1.54, 1.807) is 6.07 Å². The number of nitrogens with zero attached hydrogens (tertiary/aromatic N) is 1. The van der Waals surface area contributed by atoms with Crippen LogP contribution in [0.1, 0.15) is 30.9 Å². The van der Waals surface area contributed by atoms with Crippen molar-refractivity contribution in [3.8, 4) is 5.75 Å². The number of benzene rings is 2. The number of aliphatic hydroxyl groups is 1. The van der Waals surface area contributed by atoms with Crippen molar-refractivity contribution in [1.82, 2.24) is 4.90 Å². The zero-order chi connectivity index (χ0) is 18.4. The van der Waals surface area contributed by atoms with E-state index in [1.807, 2.05) is 37.3 Å². The second kappa shape index (κ2) is 8.65. The Balaban J connectivity index is 1.74. The molecule has 26 heavy (non-hydrogen) atoms. The number of hydrogen-bond acceptors (Lipinski definition) is 3. The van der Waals surface area contributed by atoms with Crippen molar-refractivity contribution in [2.75, 3.05) is 26.3 Å². The van der Waals surface area contributed by atoms with Gasteiger partial charge in [-0.25, -0.2) is 4.39 Å². The molecule has 0 spiro atoms. The van der Waals surface area contributed by atoms with Crippen LogP contribution < -0.4 is 4.74 Å². The standard InChI is InChI=1S/C22H28FNO2/c1-2-26-21-11-6-4-9-19(21)15-24-13-7-12-22(16-24,17-25)14-18-8-3-5-10-20(18)23/h3-6,8-11,25H,2,7,12-17H2,1H3/t22-/m0/s1. The van der Waals surface area contributed by atoms with Gasteiger partial charge in [-0.15, -0.1) is 0 Å². The van der Waals surface area contributed by atoms with E-state index in [0.29, 0.717) is 18.6 Å². The molecule has 0 radical (unpaired) electrons. The van der Waals surface area contributed by atoms with E-state index in [2.05, 4.69) is 11.0 Å². The molecule has 1 atom stereocenters. The number of halogens is 1. The molecule has 3 nitrogen and oxygen atoms in total. The summed E-state index contributed by atoms with van der Waals surface area (Å²) in [5, 5.41) is 10.1. The summed E-state index contributed by atoms with van der Waals surface area (Å²) in [6, 6.07) is 15.0. The lowest BCUT2D eigenvalue weighted by molar-refractivity contribution is 0.0279. The summed E-state index contributed by atoms with van der Waals surface area (Å²) >= 11 is 0. The molecule has 0 aliphatic carbocycles. The fourth-order valence-electron chi connectivity index (χ4n) is 3.99. The Bertz CT molecular complexity index is 721. The number of ether oxygens (including phenoxy) is 1. The van der Waals surface area contributed by atoms with Gasteiger partial charge in [0, 0.05) is 24.1 Å². The van der Waals surface area contributed by atoms with Crippen LogP contribution in [0.15, 0.2) is 48.5 Å². The minimum atomic E-state index is -0.291. The first-order valence-electron chi connectivity index (χ1n) is 9.43. The van der Waals surface area contributed by atoms with Gasteiger partial charge in [-0.3, -0.25) is 4.90 Å². The van der Waals surface area contributed by atoms with Crippen molar-refractivity contribution in [1.29, 1.82) is 0 Å². The SMILES string of the molecule is CCOc1ccccc1CN1CCC[C@](CO)(Cc2ccccc2F)C1. The minimum absolute atomic E-state index is 0.0743. The average molecular weight is 357 g/mol. The van der Waals surface area contributed by atoms with Gasteiger partial charge in [-0.1, -0.05) is 36.4 Å². The normalized spacial score (nSPS) is 20.9. The van der Waals surface area contributed by atoms with Crippen LogP contribution in [0.25, 0.3) is 0 Å². The molecule has 1 heterocycles. The summed E-state index contributed by atoms with van der Waals surface area (Å²) in [6.07, 6.45) is 2.49. The maximum atomic E-state index is 14.1. The number of piperidine rings is 1. The zero-order valence-corrected chi connectivity index (χ0v) is 15.5. The fraction of sp³-hybridized carbons (Fsp3) is 0.455. The molecule has 3 rings (SSSR count). The predicted molar refractivity (Wildman–Crippen MR) is 102 cm³/mol. The van der Waals surface area contributed by atoms with Crippen molar-refractivity contribution in [3.63, 3.8) is 0 Å². The number of likely N-dealkylation sites (tertiary alicyclic amines) is 1. The van der Waals surface area contributed by atoms with E-state index in [0.717, 1.165) is 43.8 Å². The monoisotopic (exact) mass is 357 g/mol. The Hall–Kier alpha value is -1.91.